The summed E-state index contributed by atoms with van der Waals surface area (Å²) in [6.45, 7) is -0.549. The molecule has 3 amide bonds. The van der Waals surface area contributed by atoms with Gasteiger partial charge in [-0.15, -0.1) is 0 Å². The predicted molar refractivity (Wildman–Crippen MR) is 111 cm³/mol. The van der Waals surface area contributed by atoms with E-state index in [1.807, 2.05) is 0 Å². The smallest absolute Gasteiger partial charge is 0.311 e. The lowest BCUT2D eigenvalue weighted by molar-refractivity contribution is -0.151. The quantitative estimate of drug-likeness (QED) is 0.630. The van der Waals surface area contributed by atoms with Gasteiger partial charge in [0.05, 0.1) is 19.6 Å². The standard InChI is InChI=1S/C21H20ClN3O6/c1-30-17-4-2-3-16(10-17)23-18(26)12-31-21(29)14-9-19(27)25(11-14)24-20(28)13-5-7-15(22)8-6-13/h2-8,10,14H,9,11-12H2,1H3,(H,23,26)(H,24,28)/t14-/m0/s1. The molecule has 31 heavy (non-hydrogen) atoms. The number of nitrogens with zero attached hydrogens (tertiary/aromatic N) is 1. The number of rotatable bonds is 7. The molecule has 2 aromatic carbocycles. The molecule has 1 saturated heterocycles. The first-order valence-corrected chi connectivity index (χ1v) is 9.71. The summed E-state index contributed by atoms with van der Waals surface area (Å²) in [6, 6.07) is 12.9. The van der Waals surface area contributed by atoms with Crippen molar-refractivity contribution in [1.82, 2.24) is 10.4 Å². The topological polar surface area (TPSA) is 114 Å². The number of hydrazine groups is 1. The van der Waals surface area contributed by atoms with Crippen LogP contribution in [0.3, 0.4) is 0 Å². The van der Waals surface area contributed by atoms with Gasteiger partial charge in [-0.05, 0) is 36.4 Å². The summed E-state index contributed by atoms with van der Waals surface area (Å²) in [5, 5.41) is 4.14. The fourth-order valence-corrected chi connectivity index (χ4v) is 3.04. The Labute approximate surface area is 183 Å². The van der Waals surface area contributed by atoms with E-state index in [9.17, 15) is 19.2 Å². The van der Waals surface area contributed by atoms with Crippen molar-refractivity contribution in [3.63, 3.8) is 0 Å². The van der Waals surface area contributed by atoms with Crippen molar-refractivity contribution in [3.8, 4) is 5.75 Å². The lowest BCUT2D eigenvalue weighted by Crippen LogP contribution is -2.43. The first kappa shape index (κ1) is 22.1. The average Bonchev–Trinajstić information content (AvgIpc) is 3.12. The van der Waals surface area contributed by atoms with Crippen molar-refractivity contribution >= 4 is 41.0 Å². The Kier molecular flexibility index (Phi) is 7.09. The van der Waals surface area contributed by atoms with Crippen LogP contribution in [0.2, 0.25) is 5.02 Å². The predicted octanol–water partition coefficient (Wildman–Crippen LogP) is 2.02. The molecule has 1 aliphatic heterocycles. The van der Waals surface area contributed by atoms with E-state index in [-0.39, 0.29) is 13.0 Å². The van der Waals surface area contributed by atoms with Gasteiger partial charge in [0, 0.05) is 28.8 Å². The Bertz CT molecular complexity index is 995. The number of esters is 1. The second-order valence-electron chi connectivity index (χ2n) is 6.74. The Morgan fingerprint density at radius 2 is 1.90 bits per heavy atom. The van der Waals surface area contributed by atoms with Crippen molar-refractivity contribution in [3.05, 3.63) is 59.1 Å². The van der Waals surface area contributed by atoms with Crippen LogP contribution in [-0.4, -0.2) is 49.0 Å². The summed E-state index contributed by atoms with van der Waals surface area (Å²) in [5.41, 5.74) is 3.27. The van der Waals surface area contributed by atoms with E-state index in [4.69, 9.17) is 21.1 Å². The van der Waals surface area contributed by atoms with Crippen molar-refractivity contribution in [2.45, 2.75) is 6.42 Å². The molecule has 0 spiro atoms. The minimum atomic E-state index is -0.789. The summed E-state index contributed by atoms with van der Waals surface area (Å²) in [7, 11) is 1.51. The largest absolute Gasteiger partial charge is 0.497 e. The van der Waals surface area contributed by atoms with Crippen molar-refractivity contribution < 1.29 is 28.7 Å². The van der Waals surface area contributed by atoms with Crippen LogP contribution in [0.25, 0.3) is 0 Å². The number of halogens is 1. The number of carbonyl (C=O) groups excluding carboxylic acids is 4. The lowest BCUT2D eigenvalue weighted by Gasteiger charge is -2.17. The monoisotopic (exact) mass is 445 g/mol. The van der Waals surface area contributed by atoms with E-state index in [2.05, 4.69) is 10.7 Å². The lowest BCUT2D eigenvalue weighted by atomic mass is 10.1. The zero-order chi connectivity index (χ0) is 22.4. The summed E-state index contributed by atoms with van der Waals surface area (Å²) >= 11 is 5.79. The summed E-state index contributed by atoms with van der Waals surface area (Å²) in [5.74, 6) is -2.37. The van der Waals surface area contributed by atoms with Crippen molar-refractivity contribution in [1.29, 1.82) is 0 Å². The first-order valence-electron chi connectivity index (χ1n) is 9.33. The van der Waals surface area contributed by atoms with E-state index < -0.39 is 36.2 Å². The Hall–Kier alpha value is -3.59. The zero-order valence-corrected chi connectivity index (χ0v) is 17.3. The third-order valence-corrected chi connectivity index (χ3v) is 4.75. The Morgan fingerprint density at radius 3 is 2.61 bits per heavy atom. The van der Waals surface area contributed by atoms with E-state index >= 15 is 0 Å². The highest BCUT2D eigenvalue weighted by Gasteiger charge is 2.36. The second kappa shape index (κ2) is 9.94. The number of nitrogens with one attached hydrogen (secondary N) is 2. The molecule has 0 bridgehead atoms. The van der Waals surface area contributed by atoms with Crippen LogP contribution in [0, 0.1) is 5.92 Å². The van der Waals surface area contributed by atoms with Crippen molar-refractivity contribution in [2.75, 3.05) is 25.6 Å². The van der Waals surface area contributed by atoms with Crippen molar-refractivity contribution in [2.24, 2.45) is 5.92 Å². The normalized spacial score (nSPS) is 15.4. The Morgan fingerprint density at radius 1 is 1.16 bits per heavy atom. The van der Waals surface area contributed by atoms with E-state index in [0.717, 1.165) is 5.01 Å². The number of carbonyl (C=O) groups is 4. The molecule has 2 aromatic rings. The molecule has 1 fully saturated rings. The maximum absolute atomic E-state index is 12.3. The molecule has 162 valence electrons. The highest BCUT2D eigenvalue weighted by Crippen LogP contribution is 2.19. The highest BCUT2D eigenvalue weighted by atomic mass is 35.5. The molecule has 0 aliphatic carbocycles. The van der Waals surface area contributed by atoms with Crippen LogP contribution in [-0.2, 0) is 19.1 Å². The fraction of sp³-hybridized carbons (Fsp3) is 0.238. The molecule has 0 aromatic heterocycles. The van der Waals surface area contributed by atoms with Crippen LogP contribution in [0.15, 0.2) is 48.5 Å². The second-order valence-corrected chi connectivity index (χ2v) is 7.18. The van der Waals surface area contributed by atoms with Gasteiger partial charge >= 0.3 is 5.97 Å². The van der Waals surface area contributed by atoms with Crippen LogP contribution >= 0.6 is 11.6 Å². The third kappa shape index (κ3) is 5.95. The maximum atomic E-state index is 12.3. The average molecular weight is 446 g/mol. The van der Waals surface area contributed by atoms with Gasteiger partial charge in [-0.25, -0.2) is 0 Å². The number of anilines is 1. The molecule has 0 saturated carbocycles. The van der Waals surface area contributed by atoms with Gasteiger partial charge in [-0.3, -0.25) is 29.6 Å². The van der Waals surface area contributed by atoms with Gasteiger partial charge in [-0.2, -0.15) is 0 Å². The van der Waals surface area contributed by atoms with E-state index in [1.165, 1.54) is 19.2 Å². The Balaban J connectivity index is 1.47. The van der Waals surface area contributed by atoms with E-state index in [0.29, 0.717) is 22.0 Å². The number of hydrogen-bond donors (Lipinski definition) is 2. The maximum Gasteiger partial charge on any atom is 0.311 e. The number of amides is 3. The molecule has 10 heteroatoms. The van der Waals surface area contributed by atoms with Gasteiger partial charge in [0.15, 0.2) is 6.61 Å². The number of hydrogen-bond acceptors (Lipinski definition) is 6. The molecule has 1 aliphatic rings. The zero-order valence-electron chi connectivity index (χ0n) is 16.6. The minimum Gasteiger partial charge on any atom is -0.497 e. The molecule has 3 rings (SSSR count). The van der Waals surface area contributed by atoms with Gasteiger partial charge < -0.3 is 14.8 Å². The number of benzene rings is 2. The molecule has 1 atom stereocenters. The van der Waals surface area contributed by atoms with Gasteiger partial charge in [0.2, 0.25) is 5.91 Å². The van der Waals surface area contributed by atoms with Crippen LogP contribution in [0.5, 0.6) is 5.75 Å². The first-order chi connectivity index (χ1) is 14.9. The summed E-state index contributed by atoms with van der Waals surface area (Å²) < 4.78 is 10.1. The van der Waals surface area contributed by atoms with Crippen LogP contribution in [0.1, 0.15) is 16.8 Å². The number of methoxy groups -OCH3 is 1. The summed E-state index contributed by atoms with van der Waals surface area (Å²) in [6.07, 6.45) is -0.128. The molecule has 1 heterocycles. The molecular weight excluding hydrogens is 426 g/mol. The van der Waals surface area contributed by atoms with Gasteiger partial charge in [-0.1, -0.05) is 17.7 Å². The molecule has 2 N–H and O–H groups in total. The minimum absolute atomic E-state index is 0.0471. The van der Waals surface area contributed by atoms with Gasteiger partial charge in [0.25, 0.3) is 11.8 Å². The molecular formula is C21H20ClN3O6. The van der Waals surface area contributed by atoms with Crippen LogP contribution in [0.4, 0.5) is 5.69 Å². The molecule has 0 unspecified atom stereocenters. The third-order valence-electron chi connectivity index (χ3n) is 4.50. The molecule has 0 radical (unpaired) electrons. The van der Waals surface area contributed by atoms with E-state index in [1.54, 1.807) is 36.4 Å². The highest BCUT2D eigenvalue weighted by molar-refractivity contribution is 6.30. The van der Waals surface area contributed by atoms with Gasteiger partial charge in [0.1, 0.15) is 5.75 Å². The molecule has 9 nitrogen and oxygen atoms in total. The number of ether oxygens (including phenoxy) is 2. The summed E-state index contributed by atoms with van der Waals surface area (Å²) in [4.78, 5) is 48.7. The SMILES string of the molecule is COc1cccc(NC(=O)COC(=O)[C@H]2CC(=O)N(NC(=O)c3ccc(Cl)cc3)C2)c1. The van der Waals surface area contributed by atoms with Crippen LogP contribution < -0.4 is 15.5 Å². The fourth-order valence-electron chi connectivity index (χ4n) is 2.91.